The fraction of sp³-hybridized carbons (Fsp3) is 0.462. The van der Waals surface area contributed by atoms with E-state index in [0.29, 0.717) is 17.5 Å². The van der Waals surface area contributed by atoms with Crippen molar-refractivity contribution < 1.29 is 4.74 Å². The SMILES string of the molecule is C#Cc1ncccc1OC(C)C1CCCN1. The molecule has 1 aromatic heterocycles. The van der Waals surface area contributed by atoms with Crippen molar-refractivity contribution >= 4 is 0 Å². The Hall–Kier alpha value is -1.53. The van der Waals surface area contributed by atoms with Crippen LogP contribution in [0.5, 0.6) is 5.75 Å². The molecule has 84 valence electrons. The first-order valence-corrected chi connectivity index (χ1v) is 5.63. The van der Waals surface area contributed by atoms with Crippen LogP contribution >= 0.6 is 0 Å². The molecule has 2 heterocycles. The van der Waals surface area contributed by atoms with Crippen molar-refractivity contribution in [2.45, 2.75) is 31.9 Å². The Morgan fingerprint density at radius 2 is 2.56 bits per heavy atom. The summed E-state index contributed by atoms with van der Waals surface area (Å²) in [5.74, 6) is 3.24. The molecular formula is C13H16N2O. The topological polar surface area (TPSA) is 34.1 Å². The maximum atomic E-state index is 5.85. The standard InChI is InChI=1S/C13H16N2O/c1-3-11-13(7-5-9-14-11)16-10(2)12-6-4-8-15-12/h1,5,7,9-10,12,15H,4,6,8H2,2H3. The lowest BCUT2D eigenvalue weighted by molar-refractivity contribution is 0.179. The Morgan fingerprint density at radius 1 is 1.69 bits per heavy atom. The molecule has 3 heteroatoms. The van der Waals surface area contributed by atoms with Crippen LogP contribution in [0.3, 0.4) is 0 Å². The van der Waals surface area contributed by atoms with Gasteiger partial charge in [-0.2, -0.15) is 0 Å². The van der Waals surface area contributed by atoms with E-state index in [1.165, 1.54) is 6.42 Å². The number of nitrogens with one attached hydrogen (secondary N) is 1. The van der Waals surface area contributed by atoms with Crippen LogP contribution in [0.25, 0.3) is 0 Å². The lowest BCUT2D eigenvalue weighted by atomic mass is 10.1. The van der Waals surface area contributed by atoms with Crippen molar-refractivity contribution in [1.29, 1.82) is 0 Å². The average molecular weight is 216 g/mol. The minimum absolute atomic E-state index is 0.124. The first-order chi connectivity index (χ1) is 7.81. The van der Waals surface area contributed by atoms with Crippen molar-refractivity contribution in [3.8, 4) is 18.1 Å². The van der Waals surface area contributed by atoms with Crippen LogP contribution in [0.4, 0.5) is 0 Å². The van der Waals surface area contributed by atoms with E-state index in [1.54, 1.807) is 6.20 Å². The third kappa shape index (κ3) is 2.34. The maximum absolute atomic E-state index is 5.85. The molecule has 2 unspecified atom stereocenters. The lowest BCUT2D eigenvalue weighted by Crippen LogP contribution is -2.36. The number of aromatic nitrogens is 1. The molecule has 0 aromatic carbocycles. The molecule has 0 saturated carbocycles. The van der Waals surface area contributed by atoms with E-state index < -0.39 is 0 Å². The van der Waals surface area contributed by atoms with Crippen molar-refractivity contribution in [3.63, 3.8) is 0 Å². The van der Waals surface area contributed by atoms with Gasteiger partial charge in [-0.3, -0.25) is 0 Å². The molecule has 16 heavy (non-hydrogen) atoms. The first-order valence-electron chi connectivity index (χ1n) is 5.63. The Morgan fingerprint density at radius 3 is 3.25 bits per heavy atom. The molecule has 0 aliphatic carbocycles. The van der Waals surface area contributed by atoms with E-state index in [1.807, 2.05) is 12.1 Å². The summed E-state index contributed by atoms with van der Waals surface area (Å²) < 4.78 is 5.85. The van der Waals surface area contributed by atoms with Crippen LogP contribution in [0.2, 0.25) is 0 Å². The highest BCUT2D eigenvalue weighted by molar-refractivity contribution is 5.38. The number of rotatable bonds is 3. The minimum atomic E-state index is 0.124. The second-order valence-corrected chi connectivity index (χ2v) is 4.02. The summed E-state index contributed by atoms with van der Waals surface area (Å²) in [6, 6.07) is 4.13. The van der Waals surface area contributed by atoms with Crippen LogP contribution in [0.15, 0.2) is 18.3 Å². The monoisotopic (exact) mass is 216 g/mol. The zero-order valence-corrected chi connectivity index (χ0v) is 9.44. The second kappa shape index (κ2) is 5.00. The smallest absolute Gasteiger partial charge is 0.154 e. The van der Waals surface area contributed by atoms with Gasteiger partial charge in [0, 0.05) is 12.2 Å². The van der Waals surface area contributed by atoms with Gasteiger partial charge in [0.15, 0.2) is 11.4 Å². The number of terminal acetylenes is 1. The Bertz CT molecular complexity index is 391. The van der Waals surface area contributed by atoms with Gasteiger partial charge in [0.2, 0.25) is 0 Å². The summed E-state index contributed by atoms with van der Waals surface area (Å²) in [7, 11) is 0. The quantitative estimate of drug-likeness (QED) is 0.779. The fourth-order valence-electron chi connectivity index (χ4n) is 1.99. The van der Waals surface area contributed by atoms with Gasteiger partial charge >= 0.3 is 0 Å². The van der Waals surface area contributed by atoms with Gasteiger partial charge in [0.25, 0.3) is 0 Å². The first kappa shape index (κ1) is 11.0. The predicted molar refractivity (Wildman–Crippen MR) is 63.3 cm³/mol. The van der Waals surface area contributed by atoms with Crippen LogP contribution in [-0.2, 0) is 0 Å². The predicted octanol–water partition coefficient (Wildman–Crippen LogP) is 1.58. The van der Waals surface area contributed by atoms with Crippen molar-refractivity contribution in [2.24, 2.45) is 0 Å². The molecule has 2 atom stereocenters. The molecule has 1 fully saturated rings. The van der Waals surface area contributed by atoms with Gasteiger partial charge in [-0.25, -0.2) is 4.98 Å². The van der Waals surface area contributed by atoms with Gasteiger partial charge in [0.05, 0.1) is 0 Å². The molecule has 1 aliphatic heterocycles. The van der Waals surface area contributed by atoms with Crippen molar-refractivity contribution in [1.82, 2.24) is 10.3 Å². The zero-order valence-electron chi connectivity index (χ0n) is 9.44. The summed E-state index contributed by atoms with van der Waals surface area (Å²) in [5, 5.41) is 3.42. The number of nitrogens with zero attached hydrogens (tertiary/aromatic N) is 1. The van der Waals surface area contributed by atoms with Gasteiger partial charge in [0.1, 0.15) is 6.10 Å². The van der Waals surface area contributed by atoms with Crippen molar-refractivity contribution in [3.05, 3.63) is 24.0 Å². The Kier molecular flexibility index (Phi) is 3.43. The molecule has 1 saturated heterocycles. The Labute approximate surface area is 96.2 Å². The Balaban J connectivity index is 2.05. The third-order valence-corrected chi connectivity index (χ3v) is 2.89. The second-order valence-electron chi connectivity index (χ2n) is 4.02. The van der Waals surface area contributed by atoms with Crippen LogP contribution < -0.4 is 10.1 Å². The largest absolute Gasteiger partial charge is 0.486 e. The van der Waals surface area contributed by atoms with Gasteiger partial charge in [-0.15, -0.1) is 6.42 Å². The van der Waals surface area contributed by atoms with Crippen LogP contribution in [0, 0.1) is 12.3 Å². The normalized spacial score (nSPS) is 21.4. The molecule has 0 spiro atoms. The molecular weight excluding hydrogens is 200 g/mol. The molecule has 0 bridgehead atoms. The van der Waals surface area contributed by atoms with E-state index in [-0.39, 0.29) is 6.10 Å². The molecule has 1 aliphatic rings. The van der Waals surface area contributed by atoms with Gasteiger partial charge in [-0.1, -0.05) is 0 Å². The summed E-state index contributed by atoms with van der Waals surface area (Å²) in [6.45, 7) is 3.14. The molecule has 1 aromatic rings. The van der Waals surface area contributed by atoms with E-state index >= 15 is 0 Å². The molecule has 0 radical (unpaired) electrons. The summed E-state index contributed by atoms with van der Waals surface area (Å²) >= 11 is 0. The lowest BCUT2D eigenvalue weighted by Gasteiger charge is -2.21. The molecule has 3 nitrogen and oxygen atoms in total. The van der Waals surface area contributed by atoms with E-state index in [0.717, 1.165) is 13.0 Å². The van der Waals surface area contributed by atoms with E-state index in [2.05, 4.69) is 23.1 Å². The van der Waals surface area contributed by atoms with Crippen LogP contribution in [-0.4, -0.2) is 23.7 Å². The van der Waals surface area contributed by atoms with Gasteiger partial charge in [-0.05, 0) is 44.4 Å². The number of hydrogen-bond donors (Lipinski definition) is 1. The van der Waals surface area contributed by atoms with E-state index in [4.69, 9.17) is 11.2 Å². The van der Waals surface area contributed by atoms with Gasteiger partial charge < -0.3 is 10.1 Å². The number of ether oxygens (including phenoxy) is 1. The summed E-state index contributed by atoms with van der Waals surface area (Å²) in [5.41, 5.74) is 0.576. The molecule has 0 amide bonds. The molecule has 1 N–H and O–H groups in total. The summed E-state index contributed by atoms with van der Waals surface area (Å²) in [6.07, 6.45) is 9.55. The average Bonchev–Trinajstić information content (AvgIpc) is 2.83. The number of hydrogen-bond acceptors (Lipinski definition) is 3. The highest BCUT2D eigenvalue weighted by Gasteiger charge is 2.22. The summed E-state index contributed by atoms with van der Waals surface area (Å²) in [4.78, 5) is 4.10. The zero-order chi connectivity index (χ0) is 11.4. The molecule has 2 rings (SSSR count). The highest BCUT2D eigenvalue weighted by atomic mass is 16.5. The van der Waals surface area contributed by atoms with E-state index in [9.17, 15) is 0 Å². The van der Waals surface area contributed by atoms with Crippen LogP contribution in [0.1, 0.15) is 25.5 Å². The van der Waals surface area contributed by atoms with Crippen molar-refractivity contribution in [2.75, 3.05) is 6.54 Å². The maximum Gasteiger partial charge on any atom is 0.154 e. The highest BCUT2D eigenvalue weighted by Crippen LogP contribution is 2.19. The third-order valence-electron chi connectivity index (χ3n) is 2.89. The minimum Gasteiger partial charge on any atom is -0.486 e. The number of pyridine rings is 1. The fourth-order valence-corrected chi connectivity index (χ4v) is 1.99.